The van der Waals surface area contributed by atoms with Gasteiger partial charge in [0.05, 0.1) is 5.56 Å². The summed E-state index contributed by atoms with van der Waals surface area (Å²) in [4.78, 5) is 26.7. The van der Waals surface area contributed by atoms with Crippen LogP contribution in [0.5, 0.6) is 0 Å². The van der Waals surface area contributed by atoms with Crippen LogP contribution >= 0.6 is 11.6 Å². The van der Waals surface area contributed by atoms with E-state index in [1.165, 1.54) is 0 Å². The summed E-state index contributed by atoms with van der Waals surface area (Å²) in [5.74, 6) is -0.748. The smallest absolute Gasteiger partial charge is 0.338 e. The van der Waals surface area contributed by atoms with E-state index in [0.29, 0.717) is 10.6 Å². The number of anilines is 1. The highest BCUT2D eigenvalue weighted by Crippen LogP contribution is 2.32. The lowest BCUT2D eigenvalue weighted by Crippen LogP contribution is -2.43. The number of amides is 1. The molecule has 1 aliphatic heterocycles. The molecule has 0 radical (unpaired) electrons. The topological polar surface area (TPSA) is 46.6 Å². The minimum absolute atomic E-state index is 0.0478. The number of nitrogens with zero attached hydrogens (tertiary/aromatic N) is 1. The maximum atomic E-state index is 12.8. The maximum Gasteiger partial charge on any atom is 0.338 e. The number of carbonyl (C=O) groups excluding carboxylic acids is 2. The Morgan fingerprint density at radius 1 is 1.17 bits per heavy atom. The molecule has 2 aromatic rings. The van der Waals surface area contributed by atoms with Crippen LogP contribution in [0, 0.1) is 0 Å². The van der Waals surface area contributed by atoms with E-state index in [1.54, 1.807) is 36.1 Å². The molecule has 0 fully saturated rings. The van der Waals surface area contributed by atoms with Crippen LogP contribution < -0.4 is 4.90 Å². The van der Waals surface area contributed by atoms with Crippen molar-refractivity contribution in [2.45, 2.75) is 32.4 Å². The van der Waals surface area contributed by atoms with Crippen molar-refractivity contribution in [1.82, 2.24) is 0 Å². The van der Waals surface area contributed by atoms with Crippen molar-refractivity contribution < 1.29 is 14.3 Å². The minimum atomic E-state index is -0.859. The largest absolute Gasteiger partial charge is 0.449 e. The van der Waals surface area contributed by atoms with Crippen LogP contribution in [0.2, 0.25) is 5.02 Å². The van der Waals surface area contributed by atoms with Gasteiger partial charge in [-0.15, -0.1) is 0 Å². The molecule has 4 nitrogen and oxygen atoms in total. The van der Waals surface area contributed by atoms with Crippen molar-refractivity contribution in [3.8, 4) is 0 Å². The van der Waals surface area contributed by atoms with E-state index in [2.05, 4.69) is 0 Å². The van der Waals surface area contributed by atoms with Crippen molar-refractivity contribution >= 4 is 29.2 Å². The molecule has 24 heavy (non-hydrogen) atoms. The fraction of sp³-hybridized carbons (Fsp3) is 0.263. The fourth-order valence-electron chi connectivity index (χ4n) is 2.96. The van der Waals surface area contributed by atoms with E-state index in [9.17, 15) is 9.59 Å². The van der Waals surface area contributed by atoms with Crippen molar-refractivity contribution in [2.24, 2.45) is 0 Å². The number of carbonyl (C=O) groups is 2. The van der Waals surface area contributed by atoms with Crippen LogP contribution in [0.25, 0.3) is 0 Å². The Balaban J connectivity index is 1.73. The van der Waals surface area contributed by atoms with E-state index >= 15 is 0 Å². The third-order valence-corrected chi connectivity index (χ3v) is 4.41. The molecule has 2 aromatic carbocycles. The van der Waals surface area contributed by atoms with Gasteiger partial charge in [-0.1, -0.05) is 29.8 Å². The number of benzene rings is 2. The number of ether oxygens (including phenoxy) is 1. The van der Waals surface area contributed by atoms with Crippen LogP contribution in [0.4, 0.5) is 5.69 Å². The van der Waals surface area contributed by atoms with Crippen LogP contribution in [0.1, 0.15) is 29.8 Å². The normalized spacial score (nSPS) is 17.3. The maximum absolute atomic E-state index is 12.8. The molecule has 5 heteroatoms. The van der Waals surface area contributed by atoms with Crippen LogP contribution in [0.3, 0.4) is 0 Å². The Morgan fingerprint density at radius 2 is 1.83 bits per heavy atom. The highest BCUT2D eigenvalue weighted by Gasteiger charge is 2.34. The molecule has 0 saturated carbocycles. The quantitative estimate of drug-likeness (QED) is 0.795. The molecule has 0 unspecified atom stereocenters. The molecule has 0 bridgehead atoms. The first-order valence-corrected chi connectivity index (χ1v) is 8.22. The third-order valence-electron chi connectivity index (χ3n) is 4.16. The number of hydrogen-bond acceptors (Lipinski definition) is 3. The molecular formula is C19H18ClNO3. The van der Waals surface area contributed by atoms with E-state index in [4.69, 9.17) is 16.3 Å². The zero-order valence-electron chi connectivity index (χ0n) is 13.5. The summed E-state index contributed by atoms with van der Waals surface area (Å²) in [6.45, 7) is 3.59. The molecule has 0 spiro atoms. The van der Waals surface area contributed by atoms with E-state index < -0.39 is 12.1 Å². The Hall–Kier alpha value is -2.33. The average molecular weight is 344 g/mol. The highest BCUT2D eigenvalue weighted by molar-refractivity contribution is 6.30. The van der Waals surface area contributed by atoms with Gasteiger partial charge in [-0.2, -0.15) is 0 Å². The zero-order chi connectivity index (χ0) is 17.3. The second kappa shape index (κ2) is 6.65. The first-order chi connectivity index (χ1) is 11.5. The Bertz CT molecular complexity index is 772. The monoisotopic (exact) mass is 343 g/mol. The summed E-state index contributed by atoms with van der Waals surface area (Å²) < 4.78 is 5.34. The number of halogens is 1. The third kappa shape index (κ3) is 3.15. The highest BCUT2D eigenvalue weighted by atomic mass is 35.5. The number of hydrogen-bond donors (Lipinski definition) is 0. The van der Waals surface area contributed by atoms with Crippen molar-refractivity contribution in [3.05, 3.63) is 64.7 Å². The molecule has 0 aromatic heterocycles. The predicted molar refractivity (Wildman–Crippen MR) is 93.4 cm³/mol. The van der Waals surface area contributed by atoms with E-state index in [-0.39, 0.29) is 11.9 Å². The van der Waals surface area contributed by atoms with Gasteiger partial charge in [-0.05, 0) is 56.2 Å². The van der Waals surface area contributed by atoms with Gasteiger partial charge in [0.2, 0.25) is 0 Å². The lowest BCUT2D eigenvalue weighted by atomic mass is 10.1. The van der Waals surface area contributed by atoms with Gasteiger partial charge in [-0.25, -0.2) is 4.79 Å². The minimum Gasteiger partial charge on any atom is -0.449 e. The molecule has 1 amide bonds. The summed E-state index contributed by atoms with van der Waals surface area (Å²) in [7, 11) is 0. The fourth-order valence-corrected chi connectivity index (χ4v) is 3.09. The molecule has 1 heterocycles. The summed E-state index contributed by atoms with van der Waals surface area (Å²) >= 11 is 5.81. The van der Waals surface area contributed by atoms with E-state index in [1.807, 2.05) is 31.2 Å². The number of para-hydroxylation sites is 1. The number of fused-ring (bicyclic) bond motifs is 1. The molecule has 1 aliphatic rings. The predicted octanol–water partition coefficient (Wildman–Crippen LogP) is 3.86. The second-order valence-corrected chi connectivity index (χ2v) is 6.38. The zero-order valence-corrected chi connectivity index (χ0v) is 14.3. The molecule has 124 valence electrons. The van der Waals surface area contributed by atoms with Gasteiger partial charge in [0.1, 0.15) is 0 Å². The molecule has 0 N–H and O–H groups in total. The second-order valence-electron chi connectivity index (χ2n) is 5.94. The molecule has 0 aliphatic carbocycles. The Labute approximate surface area is 146 Å². The Kier molecular flexibility index (Phi) is 4.58. The van der Waals surface area contributed by atoms with Gasteiger partial charge in [0, 0.05) is 16.8 Å². The molecular weight excluding hydrogens is 326 g/mol. The summed E-state index contributed by atoms with van der Waals surface area (Å²) in [6.07, 6.45) is -0.0541. The van der Waals surface area contributed by atoms with Crippen molar-refractivity contribution in [2.75, 3.05) is 4.90 Å². The van der Waals surface area contributed by atoms with Gasteiger partial charge in [0.15, 0.2) is 6.10 Å². The van der Waals surface area contributed by atoms with Crippen LogP contribution in [-0.2, 0) is 16.0 Å². The van der Waals surface area contributed by atoms with Gasteiger partial charge < -0.3 is 9.64 Å². The average Bonchev–Trinajstić information content (AvgIpc) is 2.90. The van der Waals surface area contributed by atoms with Crippen molar-refractivity contribution in [3.63, 3.8) is 0 Å². The Morgan fingerprint density at radius 3 is 2.54 bits per heavy atom. The van der Waals surface area contributed by atoms with Crippen molar-refractivity contribution in [1.29, 1.82) is 0 Å². The molecule has 3 rings (SSSR count). The summed E-state index contributed by atoms with van der Waals surface area (Å²) in [5.41, 5.74) is 2.40. The lowest BCUT2D eigenvalue weighted by Gasteiger charge is -2.25. The number of rotatable bonds is 3. The lowest BCUT2D eigenvalue weighted by molar-refractivity contribution is -0.126. The first kappa shape index (κ1) is 16.5. The summed E-state index contributed by atoms with van der Waals surface area (Å²) in [6, 6.07) is 14.2. The summed E-state index contributed by atoms with van der Waals surface area (Å²) in [5, 5.41) is 0.540. The van der Waals surface area contributed by atoms with Gasteiger partial charge in [0.25, 0.3) is 5.91 Å². The molecule has 2 atom stereocenters. The number of esters is 1. The van der Waals surface area contributed by atoms with Gasteiger partial charge >= 0.3 is 5.97 Å². The van der Waals surface area contributed by atoms with Gasteiger partial charge in [-0.3, -0.25) is 4.79 Å². The molecule has 0 saturated heterocycles. The van der Waals surface area contributed by atoms with Crippen LogP contribution in [-0.4, -0.2) is 24.0 Å². The van der Waals surface area contributed by atoms with E-state index in [0.717, 1.165) is 17.7 Å². The van der Waals surface area contributed by atoms with Crippen LogP contribution in [0.15, 0.2) is 48.5 Å². The standard InChI is InChI=1S/C19H18ClNO3/c1-12-11-15-5-3-4-6-17(15)21(12)18(22)13(2)24-19(23)14-7-9-16(20)10-8-14/h3-10,12-13H,11H2,1-2H3/t12-,13-/m1/s1. The first-order valence-electron chi connectivity index (χ1n) is 7.85. The SMILES string of the molecule is C[C@@H]1Cc2ccccc2N1C(=O)[C@@H](C)OC(=O)c1ccc(Cl)cc1.